The van der Waals surface area contributed by atoms with E-state index in [0.717, 1.165) is 5.69 Å². The van der Waals surface area contributed by atoms with Gasteiger partial charge in [0.1, 0.15) is 12.0 Å². The summed E-state index contributed by atoms with van der Waals surface area (Å²) in [5.41, 5.74) is 0.423. The Hall–Kier alpha value is -3.56. The number of nitrogens with one attached hydrogen (secondary N) is 1. The van der Waals surface area contributed by atoms with E-state index in [1.165, 1.54) is 25.0 Å². The first-order valence-corrected chi connectivity index (χ1v) is 6.94. The largest absolute Gasteiger partial charge is 0.322 e. The van der Waals surface area contributed by atoms with Crippen LogP contribution >= 0.6 is 0 Å². The highest BCUT2D eigenvalue weighted by atomic mass is 16.6. The van der Waals surface area contributed by atoms with Crippen molar-refractivity contribution in [1.29, 1.82) is 0 Å². The van der Waals surface area contributed by atoms with Crippen LogP contribution in [-0.2, 0) is 7.05 Å². The Balaban J connectivity index is 1.96. The molecule has 0 unspecified atom stereocenters. The predicted molar refractivity (Wildman–Crippen MR) is 83.9 cm³/mol. The molecule has 3 aromatic rings. The molecule has 0 aliphatic rings. The highest BCUT2D eigenvalue weighted by Gasteiger charge is 2.30. The van der Waals surface area contributed by atoms with Gasteiger partial charge >= 0.3 is 5.69 Å². The van der Waals surface area contributed by atoms with Gasteiger partial charge in [0.2, 0.25) is 11.6 Å². The minimum absolute atomic E-state index is 0.152. The van der Waals surface area contributed by atoms with Crippen molar-refractivity contribution in [2.75, 3.05) is 5.32 Å². The van der Waals surface area contributed by atoms with E-state index >= 15 is 0 Å². The molecule has 122 valence electrons. The van der Waals surface area contributed by atoms with Gasteiger partial charge in [0, 0.05) is 7.05 Å². The van der Waals surface area contributed by atoms with Crippen LogP contribution in [0.4, 0.5) is 11.6 Å². The molecule has 10 heteroatoms. The van der Waals surface area contributed by atoms with Crippen LogP contribution in [0.1, 0.15) is 16.2 Å². The third kappa shape index (κ3) is 2.60. The first kappa shape index (κ1) is 15.3. The molecule has 3 rings (SSSR count). The van der Waals surface area contributed by atoms with Crippen molar-refractivity contribution in [3.8, 4) is 5.69 Å². The maximum atomic E-state index is 12.5. The van der Waals surface area contributed by atoms with Crippen LogP contribution in [0.2, 0.25) is 0 Å². The molecule has 1 aromatic carbocycles. The Labute approximate surface area is 135 Å². The zero-order chi connectivity index (χ0) is 17.3. The number of nitrogens with zero attached hydrogens (tertiary/aromatic N) is 6. The van der Waals surface area contributed by atoms with E-state index in [0.29, 0.717) is 0 Å². The molecule has 10 nitrogen and oxygen atoms in total. The number of aromatic nitrogens is 5. The fourth-order valence-electron chi connectivity index (χ4n) is 2.38. The molecule has 1 N–H and O–H groups in total. The van der Waals surface area contributed by atoms with Crippen LogP contribution in [-0.4, -0.2) is 35.4 Å². The number of nitro groups is 1. The van der Waals surface area contributed by atoms with Gasteiger partial charge in [-0.15, -0.1) is 10.2 Å². The van der Waals surface area contributed by atoms with Gasteiger partial charge in [-0.1, -0.05) is 18.2 Å². The van der Waals surface area contributed by atoms with Gasteiger partial charge < -0.3 is 0 Å². The van der Waals surface area contributed by atoms with Crippen molar-refractivity contribution in [3.05, 3.63) is 58.2 Å². The maximum Gasteiger partial charge on any atom is 0.322 e. The second kappa shape index (κ2) is 5.91. The quantitative estimate of drug-likeness (QED) is 0.572. The van der Waals surface area contributed by atoms with E-state index in [1.54, 1.807) is 4.57 Å². The number of carbonyl (C=O) groups excluding carboxylic acids is 1. The zero-order valence-electron chi connectivity index (χ0n) is 12.9. The van der Waals surface area contributed by atoms with Crippen LogP contribution in [0.5, 0.6) is 0 Å². The monoisotopic (exact) mass is 327 g/mol. The predicted octanol–water partition coefficient (Wildman–Crippen LogP) is 1.47. The second-order valence-electron chi connectivity index (χ2n) is 4.98. The fraction of sp³-hybridized carbons (Fsp3) is 0.143. The maximum absolute atomic E-state index is 12.5. The first-order valence-electron chi connectivity index (χ1n) is 6.94. The van der Waals surface area contributed by atoms with Crippen molar-refractivity contribution in [2.24, 2.45) is 7.05 Å². The lowest BCUT2D eigenvalue weighted by molar-refractivity contribution is -0.385. The van der Waals surface area contributed by atoms with Crippen molar-refractivity contribution in [2.45, 2.75) is 6.92 Å². The third-order valence-electron chi connectivity index (χ3n) is 3.40. The number of anilines is 1. The lowest BCUT2D eigenvalue weighted by Gasteiger charge is -2.07. The van der Waals surface area contributed by atoms with Crippen LogP contribution in [0.25, 0.3) is 5.69 Å². The molecular formula is C14H13N7O3. The van der Waals surface area contributed by atoms with Crippen LogP contribution in [0.3, 0.4) is 0 Å². The molecular weight excluding hydrogens is 314 g/mol. The number of amides is 1. The van der Waals surface area contributed by atoms with Crippen molar-refractivity contribution in [1.82, 2.24) is 24.5 Å². The summed E-state index contributed by atoms with van der Waals surface area (Å²) in [6.07, 6.45) is 1.44. The van der Waals surface area contributed by atoms with Gasteiger partial charge in [-0.2, -0.15) is 5.10 Å². The highest BCUT2D eigenvalue weighted by molar-refractivity contribution is 6.05. The van der Waals surface area contributed by atoms with Crippen molar-refractivity contribution >= 4 is 17.5 Å². The molecule has 0 aliphatic heterocycles. The fourth-order valence-corrected chi connectivity index (χ4v) is 2.38. The zero-order valence-corrected chi connectivity index (χ0v) is 12.9. The molecule has 2 heterocycles. The highest BCUT2D eigenvalue weighted by Crippen LogP contribution is 2.23. The van der Waals surface area contributed by atoms with E-state index < -0.39 is 10.8 Å². The molecule has 0 saturated carbocycles. The lowest BCUT2D eigenvalue weighted by Crippen LogP contribution is -2.19. The van der Waals surface area contributed by atoms with Gasteiger partial charge in [0.25, 0.3) is 5.91 Å². The molecule has 0 saturated heterocycles. The Morgan fingerprint density at radius 3 is 2.67 bits per heavy atom. The Morgan fingerprint density at radius 1 is 1.29 bits per heavy atom. The number of hydrogen-bond acceptors (Lipinski definition) is 6. The number of carbonyl (C=O) groups is 1. The summed E-state index contributed by atoms with van der Waals surface area (Å²) in [6.45, 7) is 1.47. The smallest absolute Gasteiger partial charge is 0.289 e. The summed E-state index contributed by atoms with van der Waals surface area (Å²) >= 11 is 0. The molecule has 0 radical (unpaired) electrons. The molecule has 0 fully saturated rings. The number of hydrogen-bond donors (Lipinski definition) is 1. The topological polar surface area (TPSA) is 121 Å². The molecule has 1 amide bonds. The third-order valence-corrected chi connectivity index (χ3v) is 3.40. The van der Waals surface area contributed by atoms with Crippen molar-refractivity contribution in [3.63, 3.8) is 0 Å². The van der Waals surface area contributed by atoms with E-state index in [2.05, 4.69) is 20.6 Å². The van der Waals surface area contributed by atoms with Gasteiger partial charge in [0.15, 0.2) is 0 Å². The van der Waals surface area contributed by atoms with E-state index in [-0.39, 0.29) is 23.0 Å². The van der Waals surface area contributed by atoms with E-state index in [1.807, 2.05) is 30.3 Å². The molecule has 0 aliphatic carbocycles. The average molecular weight is 327 g/mol. The van der Waals surface area contributed by atoms with Gasteiger partial charge in [-0.3, -0.25) is 29.5 Å². The summed E-state index contributed by atoms with van der Waals surface area (Å²) < 4.78 is 2.74. The SMILES string of the molecule is Cc1nn(C)c(C(=O)Nc2nncn2-c2ccccc2)c1[N+](=O)[O-]. The second-order valence-corrected chi connectivity index (χ2v) is 4.98. The molecule has 0 spiro atoms. The summed E-state index contributed by atoms with van der Waals surface area (Å²) in [6, 6.07) is 9.14. The van der Waals surface area contributed by atoms with Crippen molar-refractivity contribution < 1.29 is 9.72 Å². The molecule has 2 aromatic heterocycles. The van der Waals surface area contributed by atoms with Gasteiger partial charge in [-0.25, -0.2) is 0 Å². The number of aryl methyl sites for hydroxylation is 2. The van der Waals surface area contributed by atoms with Crippen LogP contribution < -0.4 is 5.32 Å². The molecule has 0 atom stereocenters. The molecule has 0 bridgehead atoms. The Bertz CT molecular complexity index is 914. The number of para-hydroxylation sites is 1. The summed E-state index contributed by atoms with van der Waals surface area (Å²) in [5.74, 6) is -0.533. The van der Waals surface area contributed by atoms with Gasteiger partial charge in [-0.05, 0) is 19.1 Å². The summed E-state index contributed by atoms with van der Waals surface area (Å²) in [7, 11) is 1.47. The Kier molecular flexibility index (Phi) is 3.78. The number of rotatable bonds is 4. The van der Waals surface area contributed by atoms with E-state index in [9.17, 15) is 14.9 Å². The van der Waals surface area contributed by atoms with Gasteiger partial charge in [0.05, 0.1) is 10.6 Å². The molecule has 24 heavy (non-hydrogen) atoms. The minimum atomic E-state index is -0.685. The van der Waals surface area contributed by atoms with Crippen LogP contribution in [0, 0.1) is 17.0 Å². The number of benzene rings is 1. The normalized spacial score (nSPS) is 10.6. The first-order chi connectivity index (χ1) is 11.5. The summed E-state index contributed by atoms with van der Waals surface area (Å²) in [5, 5.41) is 25.3. The Morgan fingerprint density at radius 2 is 2.00 bits per heavy atom. The standard InChI is InChI=1S/C14H13N7O3/c1-9-11(21(23)24)12(19(2)18-9)13(22)16-14-17-15-8-20(14)10-6-4-3-5-7-10/h3-8H,1-2H3,(H,16,17,22). The summed E-state index contributed by atoms with van der Waals surface area (Å²) in [4.78, 5) is 23.1. The lowest BCUT2D eigenvalue weighted by atomic mass is 10.3. The minimum Gasteiger partial charge on any atom is -0.289 e. The average Bonchev–Trinajstić information content (AvgIpc) is 3.11. The van der Waals surface area contributed by atoms with E-state index in [4.69, 9.17) is 0 Å². The van der Waals surface area contributed by atoms with Crippen LogP contribution in [0.15, 0.2) is 36.7 Å².